The van der Waals surface area contributed by atoms with Crippen molar-refractivity contribution in [3.63, 3.8) is 0 Å². The summed E-state index contributed by atoms with van der Waals surface area (Å²) in [6.45, 7) is -0.151. The number of Topliss-reactive ketones (excluding diaryl/α,β-unsaturated/α-hetero) is 1. The molecule has 0 bridgehead atoms. The Balaban J connectivity index is 1.57. The number of ketones is 1. The number of hydrogen-bond acceptors (Lipinski definition) is 4. The Kier molecular flexibility index (Phi) is 5.93. The molecule has 0 aliphatic heterocycles. The summed E-state index contributed by atoms with van der Waals surface area (Å²) >= 11 is 13.2. The van der Waals surface area contributed by atoms with Crippen LogP contribution in [0, 0.1) is 0 Å². The van der Waals surface area contributed by atoms with Gasteiger partial charge in [-0.15, -0.1) is 11.3 Å². The molecule has 3 aromatic rings. The third kappa shape index (κ3) is 4.64. The molecule has 132 valence electrons. The van der Waals surface area contributed by atoms with Gasteiger partial charge in [-0.25, -0.2) is 0 Å². The number of nitrogens with one attached hydrogen (secondary N) is 1. The first-order valence-electron chi connectivity index (χ1n) is 7.59. The van der Waals surface area contributed by atoms with E-state index in [4.69, 9.17) is 27.9 Å². The molecule has 0 saturated heterocycles. The van der Waals surface area contributed by atoms with E-state index in [1.165, 1.54) is 17.4 Å². The highest BCUT2D eigenvalue weighted by Crippen LogP contribution is 2.22. The fourth-order valence-corrected chi connectivity index (χ4v) is 3.31. The molecule has 1 aromatic heterocycles. The highest BCUT2D eigenvalue weighted by Gasteiger charge is 2.12. The summed E-state index contributed by atoms with van der Waals surface area (Å²) in [5.41, 5.74) is 0.999. The molecule has 0 fully saturated rings. The monoisotopic (exact) mass is 405 g/mol. The lowest BCUT2D eigenvalue weighted by molar-refractivity contribution is 0.0921. The highest BCUT2D eigenvalue weighted by molar-refractivity contribution is 7.12. The second-order valence-corrected chi connectivity index (χ2v) is 7.08. The van der Waals surface area contributed by atoms with Gasteiger partial charge in [0.25, 0.3) is 5.91 Å². The van der Waals surface area contributed by atoms with Crippen molar-refractivity contribution in [1.82, 2.24) is 0 Å². The van der Waals surface area contributed by atoms with E-state index in [0.29, 0.717) is 26.9 Å². The van der Waals surface area contributed by atoms with Crippen molar-refractivity contribution in [3.05, 3.63) is 80.5 Å². The molecule has 0 aliphatic carbocycles. The first kappa shape index (κ1) is 18.5. The zero-order chi connectivity index (χ0) is 18.5. The minimum absolute atomic E-state index is 0.151. The van der Waals surface area contributed by atoms with Crippen LogP contribution in [-0.4, -0.2) is 18.3 Å². The van der Waals surface area contributed by atoms with Crippen LogP contribution in [0.1, 0.15) is 20.0 Å². The van der Waals surface area contributed by atoms with Crippen LogP contribution < -0.4 is 10.1 Å². The average molecular weight is 406 g/mol. The Labute approximate surface area is 164 Å². The lowest BCUT2D eigenvalue weighted by Crippen LogP contribution is -2.12. The normalized spacial score (nSPS) is 10.4. The fraction of sp³-hybridized carbons (Fsp3) is 0.0526. The number of ether oxygens (including phenoxy) is 1. The maximum atomic E-state index is 12.2. The van der Waals surface area contributed by atoms with Crippen LogP contribution in [0.15, 0.2) is 60.0 Å². The summed E-state index contributed by atoms with van der Waals surface area (Å²) in [6, 6.07) is 15.0. The minimum Gasteiger partial charge on any atom is -0.485 e. The number of halogens is 2. The third-order valence-electron chi connectivity index (χ3n) is 3.46. The number of benzene rings is 2. The summed E-state index contributed by atoms with van der Waals surface area (Å²) in [4.78, 5) is 24.8. The standard InChI is InChI=1S/C19H13Cl2NO3S/c20-12-3-8-15(16(21)10-12)17(23)11-25-14-6-4-13(5-7-14)22-19(24)18-2-1-9-26-18/h1-10H,11H2,(H,22,24). The molecule has 7 heteroatoms. The topological polar surface area (TPSA) is 55.4 Å². The third-order valence-corrected chi connectivity index (χ3v) is 4.88. The number of rotatable bonds is 6. The average Bonchev–Trinajstić information content (AvgIpc) is 3.16. The van der Waals surface area contributed by atoms with Gasteiger partial charge in [0.1, 0.15) is 5.75 Å². The van der Waals surface area contributed by atoms with Crippen molar-refractivity contribution in [1.29, 1.82) is 0 Å². The number of carbonyl (C=O) groups is 2. The number of anilines is 1. The molecule has 0 saturated carbocycles. The molecule has 0 atom stereocenters. The smallest absolute Gasteiger partial charge is 0.265 e. The van der Waals surface area contributed by atoms with Gasteiger partial charge >= 0.3 is 0 Å². The van der Waals surface area contributed by atoms with Gasteiger partial charge in [-0.2, -0.15) is 0 Å². The van der Waals surface area contributed by atoms with Gasteiger partial charge in [0.15, 0.2) is 6.61 Å². The van der Waals surface area contributed by atoms with E-state index in [0.717, 1.165) is 0 Å². The molecule has 3 rings (SSSR count). The van der Waals surface area contributed by atoms with Crippen molar-refractivity contribution in [2.75, 3.05) is 11.9 Å². The molecule has 26 heavy (non-hydrogen) atoms. The second-order valence-electron chi connectivity index (χ2n) is 5.29. The molecular formula is C19H13Cl2NO3S. The van der Waals surface area contributed by atoms with Crippen molar-refractivity contribution < 1.29 is 14.3 Å². The Bertz CT molecular complexity index is 924. The molecule has 2 aromatic carbocycles. The molecule has 4 nitrogen and oxygen atoms in total. The summed E-state index contributed by atoms with van der Waals surface area (Å²) in [6.07, 6.45) is 0. The van der Waals surface area contributed by atoms with E-state index in [2.05, 4.69) is 5.32 Å². The first-order chi connectivity index (χ1) is 12.5. The SMILES string of the molecule is O=C(Nc1ccc(OCC(=O)c2ccc(Cl)cc2Cl)cc1)c1cccs1. The van der Waals surface area contributed by atoms with Crippen molar-refractivity contribution in [3.8, 4) is 5.75 Å². The Morgan fingerprint density at radius 2 is 1.81 bits per heavy atom. The van der Waals surface area contributed by atoms with Crippen LogP contribution >= 0.6 is 34.5 Å². The van der Waals surface area contributed by atoms with E-state index >= 15 is 0 Å². The zero-order valence-corrected chi connectivity index (χ0v) is 15.7. The lowest BCUT2D eigenvalue weighted by atomic mass is 10.1. The van der Waals surface area contributed by atoms with Gasteiger partial charge in [0.05, 0.1) is 9.90 Å². The van der Waals surface area contributed by atoms with Crippen LogP contribution in [0.4, 0.5) is 5.69 Å². The predicted octanol–water partition coefficient (Wildman–Crippen LogP) is 5.57. The van der Waals surface area contributed by atoms with E-state index in [1.807, 2.05) is 11.4 Å². The molecular weight excluding hydrogens is 393 g/mol. The van der Waals surface area contributed by atoms with Gasteiger partial charge in [0, 0.05) is 16.3 Å². The van der Waals surface area contributed by atoms with Gasteiger partial charge in [-0.05, 0) is 53.9 Å². The summed E-state index contributed by atoms with van der Waals surface area (Å²) < 4.78 is 5.49. The van der Waals surface area contributed by atoms with E-state index < -0.39 is 0 Å². The summed E-state index contributed by atoms with van der Waals surface area (Å²) in [5.74, 6) is 0.0977. The number of carbonyl (C=O) groups excluding carboxylic acids is 2. The van der Waals surface area contributed by atoms with Gasteiger partial charge in [-0.1, -0.05) is 29.3 Å². The highest BCUT2D eigenvalue weighted by atomic mass is 35.5. The maximum Gasteiger partial charge on any atom is 0.265 e. The lowest BCUT2D eigenvalue weighted by Gasteiger charge is -2.08. The molecule has 0 spiro atoms. The Morgan fingerprint density at radius 1 is 1.04 bits per heavy atom. The molecule has 1 heterocycles. The number of hydrogen-bond donors (Lipinski definition) is 1. The Morgan fingerprint density at radius 3 is 2.46 bits per heavy atom. The Hall–Kier alpha value is -2.34. The first-order valence-corrected chi connectivity index (χ1v) is 9.22. The summed E-state index contributed by atoms with van der Waals surface area (Å²) in [5, 5.41) is 5.39. The van der Waals surface area contributed by atoms with Crippen LogP contribution in [0.3, 0.4) is 0 Å². The van der Waals surface area contributed by atoms with E-state index in [-0.39, 0.29) is 23.3 Å². The van der Waals surface area contributed by atoms with Crippen molar-refractivity contribution in [2.24, 2.45) is 0 Å². The van der Waals surface area contributed by atoms with Gasteiger partial charge in [0.2, 0.25) is 5.78 Å². The molecule has 0 radical (unpaired) electrons. The molecule has 1 amide bonds. The number of thiophene rings is 1. The number of amides is 1. The van der Waals surface area contributed by atoms with Gasteiger partial charge in [-0.3, -0.25) is 9.59 Å². The molecule has 1 N–H and O–H groups in total. The second kappa shape index (κ2) is 8.36. The predicted molar refractivity (Wildman–Crippen MR) is 105 cm³/mol. The largest absolute Gasteiger partial charge is 0.485 e. The minimum atomic E-state index is -0.248. The van der Waals surface area contributed by atoms with Gasteiger partial charge < -0.3 is 10.1 Å². The quantitative estimate of drug-likeness (QED) is 0.545. The van der Waals surface area contributed by atoms with Crippen LogP contribution in [-0.2, 0) is 0 Å². The molecule has 0 aliphatic rings. The van der Waals surface area contributed by atoms with Crippen molar-refractivity contribution >= 4 is 51.9 Å². The van der Waals surface area contributed by atoms with E-state index in [9.17, 15) is 9.59 Å². The van der Waals surface area contributed by atoms with E-state index in [1.54, 1.807) is 42.5 Å². The summed E-state index contributed by atoms with van der Waals surface area (Å²) in [7, 11) is 0. The molecule has 0 unspecified atom stereocenters. The fourth-order valence-electron chi connectivity index (χ4n) is 2.18. The van der Waals surface area contributed by atoms with Crippen LogP contribution in [0.25, 0.3) is 0 Å². The van der Waals surface area contributed by atoms with Crippen LogP contribution in [0.5, 0.6) is 5.75 Å². The van der Waals surface area contributed by atoms with Crippen LogP contribution in [0.2, 0.25) is 10.0 Å². The maximum absolute atomic E-state index is 12.2. The van der Waals surface area contributed by atoms with Crippen molar-refractivity contribution in [2.45, 2.75) is 0 Å². The zero-order valence-electron chi connectivity index (χ0n) is 13.4.